The largest absolute Gasteiger partial charge is 0.497 e. The molecule has 1 N–H and O–H groups in total. The lowest BCUT2D eigenvalue weighted by atomic mass is 9.78. The average molecular weight is 348 g/mol. The molecule has 1 aromatic rings. The van der Waals surface area contributed by atoms with Gasteiger partial charge in [-0.15, -0.1) is 0 Å². The molecule has 5 nitrogen and oxygen atoms in total. The van der Waals surface area contributed by atoms with E-state index in [4.69, 9.17) is 13.9 Å². The van der Waals surface area contributed by atoms with Crippen molar-refractivity contribution in [2.24, 2.45) is 0 Å². The quantitative estimate of drug-likeness (QED) is 0.662. The molecule has 1 fully saturated rings. The number of hydrogen-bond acceptors (Lipinski definition) is 4. The highest BCUT2D eigenvalue weighted by atomic mass is 32.2. The Bertz CT molecular complexity index is 702. The van der Waals surface area contributed by atoms with Gasteiger partial charge < -0.3 is 9.31 Å². The van der Waals surface area contributed by atoms with Gasteiger partial charge in [-0.05, 0) is 39.7 Å². The predicted octanol–water partition coefficient (Wildman–Crippen LogP) is 1.69. The molecule has 0 saturated carbocycles. The molecule has 1 aromatic carbocycles. The number of aryl methyl sites for hydroxylation is 1. The topological polar surface area (TPSA) is 72.8 Å². The molecule has 0 radical (unpaired) electrons. The van der Waals surface area contributed by atoms with E-state index in [-0.39, 0.29) is 17.4 Å². The molecule has 0 unspecified atom stereocenters. The molecule has 128 valence electrons. The van der Waals surface area contributed by atoms with Gasteiger partial charge in [0.1, 0.15) is 0 Å². The lowest BCUT2D eigenvalue weighted by molar-refractivity contribution is 0.00578. The zero-order valence-corrected chi connectivity index (χ0v) is 14.2. The van der Waals surface area contributed by atoms with E-state index < -0.39 is 45.8 Å². The smallest absolute Gasteiger partial charge is 0.399 e. The zero-order valence-electron chi connectivity index (χ0n) is 13.4. The molecule has 1 aliphatic heterocycles. The fraction of sp³-hybridized carbons (Fsp3) is 0.571. The SMILES string of the molecule is CC1(C)OB(c2ccc(CCS(=O)(=O)O)c(F)c2F)OC1(C)C. The summed E-state index contributed by atoms with van der Waals surface area (Å²) in [6, 6.07) is 2.57. The van der Waals surface area contributed by atoms with E-state index in [0.717, 1.165) is 0 Å². The zero-order chi connectivity index (χ0) is 17.6. The molecule has 0 aliphatic carbocycles. The van der Waals surface area contributed by atoms with E-state index >= 15 is 0 Å². The van der Waals surface area contributed by atoms with Crippen LogP contribution in [-0.4, -0.2) is 37.0 Å². The predicted molar refractivity (Wildman–Crippen MR) is 82.2 cm³/mol. The van der Waals surface area contributed by atoms with Gasteiger partial charge in [0.2, 0.25) is 0 Å². The third-order valence-corrected chi connectivity index (χ3v) is 5.05. The van der Waals surface area contributed by atoms with Crippen molar-refractivity contribution in [1.29, 1.82) is 0 Å². The van der Waals surface area contributed by atoms with Crippen molar-refractivity contribution in [1.82, 2.24) is 0 Å². The first-order valence-corrected chi connectivity index (χ1v) is 8.72. The second-order valence-corrected chi connectivity index (χ2v) is 8.14. The summed E-state index contributed by atoms with van der Waals surface area (Å²) >= 11 is 0. The van der Waals surface area contributed by atoms with Crippen LogP contribution >= 0.6 is 0 Å². The van der Waals surface area contributed by atoms with Crippen molar-refractivity contribution < 1.29 is 31.1 Å². The summed E-state index contributed by atoms with van der Waals surface area (Å²) < 4.78 is 69.9. The molecule has 0 atom stereocenters. The first-order chi connectivity index (χ1) is 10.3. The Morgan fingerprint density at radius 3 is 2.09 bits per heavy atom. The fourth-order valence-electron chi connectivity index (χ4n) is 2.19. The standard InChI is InChI=1S/C14H19BF2O5S/c1-13(2)14(3,4)22-15(21-13)10-6-5-9(11(16)12(10)17)7-8-23(18,19)20/h5-6H,7-8H2,1-4H3,(H,18,19,20). The Morgan fingerprint density at radius 1 is 1.09 bits per heavy atom. The monoisotopic (exact) mass is 348 g/mol. The number of benzene rings is 1. The molecule has 1 saturated heterocycles. The molecule has 0 amide bonds. The van der Waals surface area contributed by atoms with Gasteiger partial charge in [0.25, 0.3) is 10.1 Å². The van der Waals surface area contributed by atoms with E-state index in [1.165, 1.54) is 12.1 Å². The lowest BCUT2D eigenvalue weighted by Gasteiger charge is -2.32. The Labute approximate surface area is 134 Å². The van der Waals surface area contributed by atoms with Crippen molar-refractivity contribution >= 4 is 22.7 Å². The first kappa shape index (κ1) is 18.3. The minimum absolute atomic E-state index is 0.0863. The van der Waals surface area contributed by atoms with Gasteiger partial charge in [-0.1, -0.05) is 12.1 Å². The molecule has 0 bridgehead atoms. The Balaban J connectivity index is 2.28. The van der Waals surface area contributed by atoms with Gasteiger partial charge in [-0.2, -0.15) is 8.42 Å². The summed E-state index contributed by atoms with van der Waals surface area (Å²) in [5, 5.41) is 0. The lowest BCUT2D eigenvalue weighted by Crippen LogP contribution is -2.41. The van der Waals surface area contributed by atoms with Gasteiger partial charge in [0.15, 0.2) is 11.6 Å². The molecule has 1 heterocycles. The van der Waals surface area contributed by atoms with E-state index in [0.29, 0.717) is 0 Å². The van der Waals surface area contributed by atoms with Gasteiger partial charge >= 0.3 is 7.12 Å². The van der Waals surface area contributed by atoms with Crippen LogP contribution in [-0.2, 0) is 25.8 Å². The third-order valence-electron chi connectivity index (χ3n) is 4.33. The van der Waals surface area contributed by atoms with Crippen LogP contribution in [0.25, 0.3) is 0 Å². The number of hydrogen-bond donors (Lipinski definition) is 1. The highest BCUT2D eigenvalue weighted by molar-refractivity contribution is 7.85. The molecule has 0 spiro atoms. The van der Waals surface area contributed by atoms with Crippen LogP contribution in [0.2, 0.25) is 0 Å². The summed E-state index contributed by atoms with van der Waals surface area (Å²) in [7, 11) is -5.30. The van der Waals surface area contributed by atoms with Crippen LogP contribution in [0.1, 0.15) is 33.3 Å². The second kappa shape index (κ2) is 5.80. The van der Waals surface area contributed by atoms with Crippen LogP contribution < -0.4 is 5.46 Å². The van der Waals surface area contributed by atoms with E-state index in [1.54, 1.807) is 27.7 Å². The maximum absolute atomic E-state index is 14.3. The summed E-state index contributed by atoms with van der Waals surface area (Å²) in [5.74, 6) is -2.99. The summed E-state index contributed by atoms with van der Waals surface area (Å²) in [6.45, 7) is 7.17. The number of rotatable bonds is 4. The van der Waals surface area contributed by atoms with Gasteiger partial charge in [0, 0.05) is 5.46 Å². The molecule has 2 rings (SSSR count). The Morgan fingerprint density at radius 2 is 1.61 bits per heavy atom. The van der Waals surface area contributed by atoms with Gasteiger partial charge in [-0.25, -0.2) is 8.78 Å². The number of halogens is 2. The van der Waals surface area contributed by atoms with Crippen molar-refractivity contribution in [3.8, 4) is 0 Å². The van der Waals surface area contributed by atoms with Crippen LogP contribution in [0.5, 0.6) is 0 Å². The third kappa shape index (κ3) is 3.73. The van der Waals surface area contributed by atoms with Crippen LogP contribution in [0.4, 0.5) is 8.78 Å². The normalized spacial score (nSPS) is 20.0. The van der Waals surface area contributed by atoms with Crippen molar-refractivity contribution in [3.63, 3.8) is 0 Å². The summed E-state index contributed by atoms with van der Waals surface area (Å²) in [4.78, 5) is 0. The minimum atomic E-state index is -4.25. The summed E-state index contributed by atoms with van der Waals surface area (Å²) in [6.07, 6.45) is -0.328. The Hall–Kier alpha value is -1.03. The van der Waals surface area contributed by atoms with E-state index in [2.05, 4.69) is 0 Å². The van der Waals surface area contributed by atoms with E-state index in [9.17, 15) is 17.2 Å². The molecular weight excluding hydrogens is 329 g/mol. The summed E-state index contributed by atoms with van der Waals surface area (Å²) in [5.41, 5.74) is -1.61. The minimum Gasteiger partial charge on any atom is -0.399 e. The van der Waals surface area contributed by atoms with Crippen LogP contribution in [0.15, 0.2) is 12.1 Å². The van der Waals surface area contributed by atoms with Crippen LogP contribution in [0.3, 0.4) is 0 Å². The maximum Gasteiger partial charge on any atom is 0.497 e. The Kier molecular flexibility index (Phi) is 4.62. The van der Waals surface area contributed by atoms with E-state index in [1.807, 2.05) is 0 Å². The van der Waals surface area contributed by atoms with Crippen molar-refractivity contribution in [3.05, 3.63) is 29.3 Å². The molecule has 0 aromatic heterocycles. The molecule has 23 heavy (non-hydrogen) atoms. The molecule has 9 heteroatoms. The van der Waals surface area contributed by atoms with Gasteiger partial charge in [-0.3, -0.25) is 4.55 Å². The van der Waals surface area contributed by atoms with Crippen LogP contribution in [0, 0.1) is 11.6 Å². The van der Waals surface area contributed by atoms with Gasteiger partial charge in [0.05, 0.1) is 17.0 Å². The highest BCUT2D eigenvalue weighted by Crippen LogP contribution is 2.36. The maximum atomic E-state index is 14.3. The molecular formula is C14H19BF2O5S. The second-order valence-electron chi connectivity index (χ2n) is 6.57. The average Bonchev–Trinajstić information content (AvgIpc) is 2.59. The fourth-order valence-corrected chi connectivity index (χ4v) is 2.67. The molecule has 1 aliphatic rings. The van der Waals surface area contributed by atoms with Crippen molar-refractivity contribution in [2.75, 3.05) is 5.75 Å². The highest BCUT2D eigenvalue weighted by Gasteiger charge is 2.52. The first-order valence-electron chi connectivity index (χ1n) is 7.12. The van der Waals surface area contributed by atoms with Crippen molar-refractivity contribution in [2.45, 2.75) is 45.3 Å².